The van der Waals surface area contributed by atoms with Crippen LogP contribution >= 0.6 is 22.7 Å². The third kappa shape index (κ3) is 2.41. The van der Waals surface area contributed by atoms with Gasteiger partial charge in [-0.3, -0.25) is 0 Å². The number of nitrogens with zero attached hydrogens (tertiary/aromatic N) is 1. The molecule has 0 aliphatic heterocycles. The van der Waals surface area contributed by atoms with E-state index in [1.807, 2.05) is 13.2 Å². The second-order valence-electron chi connectivity index (χ2n) is 3.01. The van der Waals surface area contributed by atoms with Crippen molar-refractivity contribution in [2.75, 3.05) is 7.05 Å². The van der Waals surface area contributed by atoms with E-state index in [9.17, 15) is 0 Å². The summed E-state index contributed by atoms with van der Waals surface area (Å²) in [5.41, 5.74) is 0. The molecule has 0 saturated heterocycles. The highest BCUT2D eigenvalue weighted by Crippen LogP contribution is 2.19. The van der Waals surface area contributed by atoms with Crippen LogP contribution in [0.5, 0.6) is 0 Å². The molecule has 2 nitrogen and oxygen atoms in total. The fraction of sp³-hybridized carbons (Fsp3) is 0.300. The molecule has 0 radical (unpaired) electrons. The Morgan fingerprint density at radius 2 is 2.36 bits per heavy atom. The fourth-order valence-corrected chi connectivity index (χ4v) is 3.01. The van der Waals surface area contributed by atoms with Gasteiger partial charge in [-0.15, -0.1) is 22.7 Å². The van der Waals surface area contributed by atoms with Crippen LogP contribution in [-0.2, 0) is 13.0 Å². The number of rotatable bonds is 4. The lowest BCUT2D eigenvalue weighted by atomic mass is 10.4. The molecule has 2 aromatic heterocycles. The summed E-state index contributed by atoms with van der Waals surface area (Å²) in [6.45, 7) is 0.919. The van der Waals surface area contributed by atoms with Gasteiger partial charge in [0.2, 0.25) is 0 Å². The van der Waals surface area contributed by atoms with Crippen LogP contribution in [-0.4, -0.2) is 12.0 Å². The van der Waals surface area contributed by atoms with Crippen LogP contribution in [0.1, 0.15) is 14.8 Å². The minimum atomic E-state index is 0.919. The van der Waals surface area contributed by atoms with E-state index in [1.54, 1.807) is 22.7 Å². The summed E-state index contributed by atoms with van der Waals surface area (Å²) >= 11 is 3.58. The molecular formula is C10H12N2S2. The summed E-state index contributed by atoms with van der Waals surface area (Å²) < 4.78 is 0. The monoisotopic (exact) mass is 224 g/mol. The predicted molar refractivity (Wildman–Crippen MR) is 62.0 cm³/mol. The maximum Gasteiger partial charge on any atom is 0.0980 e. The Labute approximate surface area is 91.6 Å². The summed E-state index contributed by atoms with van der Waals surface area (Å²) in [4.78, 5) is 7.08. The van der Waals surface area contributed by atoms with E-state index in [2.05, 4.69) is 27.8 Å². The standard InChI is InChI=1S/C10H12N2S2/c1-11-6-9-7-12-10(14-9)5-8-3-2-4-13-8/h2-4,7,11H,5-6H2,1H3. The van der Waals surface area contributed by atoms with E-state index in [0.717, 1.165) is 13.0 Å². The minimum Gasteiger partial charge on any atom is -0.315 e. The number of thiazole rings is 1. The van der Waals surface area contributed by atoms with Crippen molar-refractivity contribution in [3.63, 3.8) is 0 Å². The Morgan fingerprint density at radius 1 is 1.43 bits per heavy atom. The molecule has 0 aromatic carbocycles. The van der Waals surface area contributed by atoms with Crippen molar-refractivity contribution in [3.8, 4) is 0 Å². The summed E-state index contributed by atoms with van der Waals surface area (Å²) in [6, 6.07) is 4.24. The first-order valence-corrected chi connectivity index (χ1v) is 6.18. The van der Waals surface area contributed by atoms with Crippen molar-refractivity contribution in [2.24, 2.45) is 0 Å². The first kappa shape index (κ1) is 9.83. The highest BCUT2D eigenvalue weighted by molar-refractivity contribution is 7.12. The third-order valence-corrected chi connectivity index (χ3v) is 3.73. The van der Waals surface area contributed by atoms with Gasteiger partial charge in [0.25, 0.3) is 0 Å². The molecule has 2 rings (SSSR count). The van der Waals surface area contributed by atoms with Gasteiger partial charge >= 0.3 is 0 Å². The highest BCUT2D eigenvalue weighted by Gasteiger charge is 2.02. The largest absolute Gasteiger partial charge is 0.315 e. The van der Waals surface area contributed by atoms with Gasteiger partial charge in [-0.05, 0) is 18.5 Å². The Hall–Kier alpha value is -0.710. The fourth-order valence-electron chi connectivity index (χ4n) is 1.25. The van der Waals surface area contributed by atoms with Crippen molar-refractivity contribution < 1.29 is 0 Å². The van der Waals surface area contributed by atoms with Crippen molar-refractivity contribution in [1.29, 1.82) is 0 Å². The van der Waals surface area contributed by atoms with Crippen LogP contribution in [0.4, 0.5) is 0 Å². The van der Waals surface area contributed by atoms with Crippen molar-refractivity contribution in [1.82, 2.24) is 10.3 Å². The average molecular weight is 224 g/mol. The number of thiophene rings is 1. The Morgan fingerprint density at radius 3 is 3.07 bits per heavy atom. The van der Waals surface area contributed by atoms with Gasteiger partial charge in [0.1, 0.15) is 0 Å². The van der Waals surface area contributed by atoms with Gasteiger partial charge in [0, 0.05) is 28.9 Å². The summed E-state index contributed by atoms with van der Waals surface area (Å²) in [5, 5.41) is 6.44. The summed E-state index contributed by atoms with van der Waals surface area (Å²) in [6.07, 6.45) is 2.94. The van der Waals surface area contributed by atoms with Crippen molar-refractivity contribution in [2.45, 2.75) is 13.0 Å². The van der Waals surface area contributed by atoms with E-state index in [-0.39, 0.29) is 0 Å². The lowest BCUT2D eigenvalue weighted by Gasteiger charge is -1.91. The molecule has 14 heavy (non-hydrogen) atoms. The normalized spacial score (nSPS) is 10.6. The summed E-state index contributed by atoms with van der Waals surface area (Å²) in [5.74, 6) is 0. The highest BCUT2D eigenvalue weighted by atomic mass is 32.1. The van der Waals surface area contributed by atoms with E-state index < -0.39 is 0 Å². The van der Waals surface area contributed by atoms with Gasteiger partial charge in [-0.25, -0.2) is 4.98 Å². The quantitative estimate of drug-likeness (QED) is 0.863. The van der Waals surface area contributed by atoms with Gasteiger partial charge in [0.15, 0.2) is 0 Å². The molecule has 0 unspecified atom stereocenters. The lowest BCUT2D eigenvalue weighted by Crippen LogP contribution is -2.02. The van der Waals surface area contributed by atoms with Crippen LogP contribution in [0.2, 0.25) is 0 Å². The van der Waals surface area contributed by atoms with E-state index in [1.165, 1.54) is 14.8 Å². The van der Waals surface area contributed by atoms with Crippen LogP contribution < -0.4 is 5.32 Å². The SMILES string of the molecule is CNCc1cnc(Cc2cccs2)s1. The van der Waals surface area contributed by atoms with Crippen molar-refractivity contribution >= 4 is 22.7 Å². The van der Waals surface area contributed by atoms with Gasteiger partial charge in [0.05, 0.1) is 5.01 Å². The van der Waals surface area contributed by atoms with Crippen LogP contribution in [0.15, 0.2) is 23.7 Å². The molecule has 0 aliphatic rings. The van der Waals surface area contributed by atoms with E-state index in [4.69, 9.17) is 0 Å². The maximum atomic E-state index is 4.39. The number of hydrogen-bond donors (Lipinski definition) is 1. The Balaban J connectivity index is 2.03. The van der Waals surface area contributed by atoms with Crippen LogP contribution in [0.25, 0.3) is 0 Å². The molecule has 1 N–H and O–H groups in total. The Bertz CT molecular complexity index is 378. The first-order chi connectivity index (χ1) is 6.88. The molecule has 4 heteroatoms. The summed E-state index contributed by atoms with van der Waals surface area (Å²) in [7, 11) is 1.96. The second kappa shape index (κ2) is 4.68. The molecule has 0 aliphatic carbocycles. The lowest BCUT2D eigenvalue weighted by molar-refractivity contribution is 0.829. The molecule has 2 heterocycles. The smallest absolute Gasteiger partial charge is 0.0980 e. The Kier molecular flexibility index (Phi) is 3.29. The molecule has 0 saturated carbocycles. The molecule has 74 valence electrons. The van der Waals surface area contributed by atoms with Crippen molar-refractivity contribution in [3.05, 3.63) is 38.5 Å². The average Bonchev–Trinajstić information content (AvgIpc) is 2.79. The zero-order valence-electron chi connectivity index (χ0n) is 7.99. The second-order valence-corrected chi connectivity index (χ2v) is 5.24. The zero-order valence-corrected chi connectivity index (χ0v) is 9.62. The first-order valence-electron chi connectivity index (χ1n) is 4.49. The third-order valence-electron chi connectivity index (χ3n) is 1.86. The van der Waals surface area contributed by atoms with Gasteiger partial charge < -0.3 is 5.32 Å². The minimum absolute atomic E-state index is 0.919. The van der Waals surface area contributed by atoms with E-state index in [0.29, 0.717) is 0 Å². The molecule has 0 amide bonds. The topological polar surface area (TPSA) is 24.9 Å². The van der Waals surface area contributed by atoms with Gasteiger partial charge in [-0.2, -0.15) is 0 Å². The van der Waals surface area contributed by atoms with E-state index >= 15 is 0 Å². The number of hydrogen-bond acceptors (Lipinski definition) is 4. The molecule has 2 aromatic rings. The predicted octanol–water partition coefficient (Wildman–Crippen LogP) is 2.51. The van der Waals surface area contributed by atoms with Crippen LogP contribution in [0, 0.1) is 0 Å². The zero-order chi connectivity index (χ0) is 9.80. The van der Waals surface area contributed by atoms with Crippen LogP contribution in [0.3, 0.4) is 0 Å². The molecule has 0 fully saturated rings. The van der Waals surface area contributed by atoms with Gasteiger partial charge in [-0.1, -0.05) is 6.07 Å². The molecule has 0 atom stereocenters. The maximum absolute atomic E-state index is 4.39. The molecule has 0 bridgehead atoms. The number of nitrogens with one attached hydrogen (secondary N) is 1. The number of aromatic nitrogens is 1. The molecular weight excluding hydrogens is 212 g/mol. The molecule has 0 spiro atoms.